The third kappa shape index (κ3) is 8.81. The van der Waals surface area contributed by atoms with E-state index in [0.29, 0.717) is 6.10 Å². The van der Waals surface area contributed by atoms with Crippen molar-refractivity contribution >= 4 is 29.9 Å². The lowest BCUT2D eigenvalue weighted by atomic mass is 9.86. The van der Waals surface area contributed by atoms with Crippen LogP contribution >= 0.6 is 24.0 Å². The van der Waals surface area contributed by atoms with Gasteiger partial charge in [0, 0.05) is 33.3 Å². The van der Waals surface area contributed by atoms with Crippen molar-refractivity contribution in [3.8, 4) is 0 Å². The Kier molecular flexibility index (Phi) is 11.3. The smallest absolute Gasteiger partial charge is 0.193 e. The molecule has 1 aliphatic rings. The molecule has 1 heterocycles. The Morgan fingerprint density at radius 1 is 1.22 bits per heavy atom. The van der Waals surface area contributed by atoms with Gasteiger partial charge in [0.2, 0.25) is 0 Å². The van der Waals surface area contributed by atoms with Gasteiger partial charge in [-0.15, -0.1) is 24.0 Å². The molecule has 0 bridgehead atoms. The summed E-state index contributed by atoms with van der Waals surface area (Å²) < 4.78 is 5.75. The summed E-state index contributed by atoms with van der Waals surface area (Å²) in [6, 6.07) is 10.8. The molecule has 1 saturated heterocycles. The standard InChI is InChI=1S/C22H37N3O.HI/c1-5-26-20-13-16-25(17-14-20)21(23-4)24-18-22(2,3)15-9-12-19-10-7-6-8-11-19;/h6-8,10-11,20H,5,9,12-18H2,1-4H3,(H,23,24);1H. The minimum Gasteiger partial charge on any atom is -0.378 e. The van der Waals surface area contributed by atoms with Crippen LogP contribution < -0.4 is 5.32 Å². The lowest BCUT2D eigenvalue weighted by Crippen LogP contribution is -2.48. The molecule has 0 saturated carbocycles. The molecule has 27 heavy (non-hydrogen) atoms. The molecule has 0 radical (unpaired) electrons. The third-order valence-electron chi connectivity index (χ3n) is 5.24. The minimum atomic E-state index is 0. The number of ether oxygens (including phenoxy) is 1. The zero-order chi connectivity index (χ0) is 18.8. The number of likely N-dealkylation sites (tertiary alicyclic amines) is 1. The van der Waals surface area contributed by atoms with Gasteiger partial charge in [-0.05, 0) is 50.0 Å². The molecule has 4 nitrogen and oxygen atoms in total. The molecule has 1 aromatic carbocycles. The molecular formula is C22H38IN3O. The summed E-state index contributed by atoms with van der Waals surface area (Å²) in [5.41, 5.74) is 1.69. The predicted octanol–water partition coefficient (Wildman–Crippen LogP) is 4.73. The normalized spacial score (nSPS) is 16.1. The second kappa shape index (κ2) is 12.6. The first kappa shape index (κ1) is 24.2. The summed E-state index contributed by atoms with van der Waals surface area (Å²) in [5, 5.41) is 3.61. The van der Waals surface area contributed by atoms with Gasteiger partial charge in [0.05, 0.1) is 6.10 Å². The highest BCUT2D eigenvalue weighted by atomic mass is 127. The highest BCUT2D eigenvalue weighted by molar-refractivity contribution is 14.0. The van der Waals surface area contributed by atoms with Crippen LogP contribution in [0.3, 0.4) is 0 Å². The molecule has 0 spiro atoms. The number of nitrogens with zero attached hydrogens (tertiary/aromatic N) is 2. The van der Waals surface area contributed by atoms with Crippen LogP contribution in [0.4, 0.5) is 0 Å². The van der Waals surface area contributed by atoms with Gasteiger partial charge in [-0.25, -0.2) is 0 Å². The first-order valence-electron chi connectivity index (χ1n) is 10.1. The Labute approximate surface area is 183 Å². The number of guanidine groups is 1. The van der Waals surface area contributed by atoms with Crippen molar-refractivity contribution in [3.63, 3.8) is 0 Å². The van der Waals surface area contributed by atoms with Crippen molar-refractivity contribution in [1.29, 1.82) is 0 Å². The van der Waals surface area contributed by atoms with Gasteiger partial charge in [0.1, 0.15) is 0 Å². The van der Waals surface area contributed by atoms with E-state index in [9.17, 15) is 0 Å². The van der Waals surface area contributed by atoms with E-state index >= 15 is 0 Å². The minimum absolute atomic E-state index is 0. The summed E-state index contributed by atoms with van der Waals surface area (Å²) in [6.45, 7) is 10.6. The van der Waals surface area contributed by atoms with Crippen molar-refractivity contribution in [2.45, 2.75) is 59.0 Å². The highest BCUT2D eigenvalue weighted by Crippen LogP contribution is 2.23. The highest BCUT2D eigenvalue weighted by Gasteiger charge is 2.23. The maximum Gasteiger partial charge on any atom is 0.193 e. The van der Waals surface area contributed by atoms with Gasteiger partial charge in [-0.1, -0.05) is 44.2 Å². The number of halogens is 1. The molecule has 1 fully saturated rings. The van der Waals surface area contributed by atoms with Crippen LogP contribution in [0.1, 0.15) is 52.0 Å². The van der Waals surface area contributed by atoms with Crippen LogP contribution in [0.5, 0.6) is 0 Å². The fourth-order valence-electron chi connectivity index (χ4n) is 3.62. The second-order valence-corrected chi connectivity index (χ2v) is 8.05. The number of hydrogen-bond acceptors (Lipinski definition) is 2. The molecule has 154 valence electrons. The molecular weight excluding hydrogens is 449 g/mol. The molecule has 0 aromatic heterocycles. The van der Waals surface area contributed by atoms with Gasteiger partial charge in [0.25, 0.3) is 0 Å². The Bertz CT molecular complexity index is 540. The third-order valence-corrected chi connectivity index (χ3v) is 5.24. The lowest BCUT2D eigenvalue weighted by molar-refractivity contribution is 0.0263. The number of aryl methyl sites for hydroxylation is 1. The fraction of sp³-hybridized carbons (Fsp3) is 0.682. The van der Waals surface area contributed by atoms with E-state index in [1.165, 1.54) is 18.4 Å². The van der Waals surface area contributed by atoms with E-state index in [2.05, 4.69) is 66.3 Å². The van der Waals surface area contributed by atoms with Crippen LogP contribution in [0.25, 0.3) is 0 Å². The Morgan fingerprint density at radius 3 is 2.48 bits per heavy atom. The monoisotopic (exact) mass is 487 g/mol. The van der Waals surface area contributed by atoms with Crippen molar-refractivity contribution in [2.75, 3.05) is 33.3 Å². The molecule has 1 aliphatic heterocycles. The van der Waals surface area contributed by atoms with Crippen LogP contribution in [0.2, 0.25) is 0 Å². The molecule has 2 rings (SSSR count). The Hall–Kier alpha value is -0.820. The number of nitrogens with one attached hydrogen (secondary N) is 1. The molecule has 1 N–H and O–H groups in total. The average Bonchev–Trinajstić information content (AvgIpc) is 2.64. The van der Waals surface area contributed by atoms with Crippen LogP contribution in [0.15, 0.2) is 35.3 Å². The molecule has 0 aliphatic carbocycles. The number of benzene rings is 1. The Morgan fingerprint density at radius 2 is 1.89 bits per heavy atom. The number of aliphatic imine (C=N–C) groups is 1. The summed E-state index contributed by atoms with van der Waals surface area (Å²) in [6.07, 6.45) is 6.19. The fourth-order valence-corrected chi connectivity index (χ4v) is 3.62. The zero-order valence-corrected chi connectivity index (χ0v) is 19.9. The van der Waals surface area contributed by atoms with Crippen molar-refractivity contribution in [1.82, 2.24) is 10.2 Å². The van der Waals surface area contributed by atoms with Crippen LogP contribution in [-0.2, 0) is 11.2 Å². The van der Waals surface area contributed by atoms with E-state index in [0.717, 1.165) is 51.5 Å². The number of hydrogen-bond donors (Lipinski definition) is 1. The van der Waals surface area contributed by atoms with Gasteiger partial charge >= 0.3 is 0 Å². The summed E-state index contributed by atoms with van der Waals surface area (Å²) in [4.78, 5) is 6.87. The maximum absolute atomic E-state index is 5.75. The Balaban J connectivity index is 0.00000364. The van der Waals surface area contributed by atoms with Gasteiger partial charge in [-0.2, -0.15) is 0 Å². The van der Waals surface area contributed by atoms with E-state index in [1.807, 2.05) is 7.05 Å². The first-order chi connectivity index (χ1) is 12.5. The summed E-state index contributed by atoms with van der Waals surface area (Å²) >= 11 is 0. The number of piperidine rings is 1. The second-order valence-electron chi connectivity index (χ2n) is 8.05. The quantitative estimate of drug-likeness (QED) is 0.327. The van der Waals surface area contributed by atoms with E-state index < -0.39 is 0 Å². The van der Waals surface area contributed by atoms with Gasteiger partial charge < -0.3 is 15.0 Å². The lowest BCUT2D eigenvalue weighted by Gasteiger charge is -2.35. The van der Waals surface area contributed by atoms with Gasteiger partial charge in [-0.3, -0.25) is 4.99 Å². The van der Waals surface area contributed by atoms with Crippen LogP contribution in [0, 0.1) is 5.41 Å². The average molecular weight is 487 g/mol. The van der Waals surface area contributed by atoms with E-state index in [1.54, 1.807) is 0 Å². The largest absolute Gasteiger partial charge is 0.378 e. The first-order valence-corrected chi connectivity index (χ1v) is 10.1. The zero-order valence-electron chi connectivity index (χ0n) is 17.5. The molecule has 0 atom stereocenters. The van der Waals surface area contributed by atoms with E-state index in [-0.39, 0.29) is 29.4 Å². The molecule has 5 heteroatoms. The van der Waals surface area contributed by atoms with E-state index in [4.69, 9.17) is 4.74 Å². The molecule has 0 amide bonds. The predicted molar refractivity (Wildman–Crippen MR) is 126 cm³/mol. The summed E-state index contributed by atoms with van der Waals surface area (Å²) in [5.74, 6) is 1.04. The number of rotatable bonds is 8. The molecule has 1 aromatic rings. The summed E-state index contributed by atoms with van der Waals surface area (Å²) in [7, 11) is 1.89. The molecule has 0 unspecified atom stereocenters. The topological polar surface area (TPSA) is 36.9 Å². The van der Waals surface area contributed by atoms with Crippen molar-refractivity contribution < 1.29 is 4.74 Å². The van der Waals surface area contributed by atoms with Crippen LogP contribution in [-0.4, -0.2) is 50.3 Å². The van der Waals surface area contributed by atoms with Crippen molar-refractivity contribution in [2.24, 2.45) is 10.4 Å². The SMILES string of the molecule is CCOC1CCN(C(=NC)NCC(C)(C)CCCc2ccccc2)CC1.I. The van der Waals surface area contributed by atoms with Crippen molar-refractivity contribution in [3.05, 3.63) is 35.9 Å². The van der Waals surface area contributed by atoms with Gasteiger partial charge in [0.15, 0.2) is 5.96 Å². The maximum atomic E-state index is 5.75.